The van der Waals surface area contributed by atoms with Crippen LogP contribution < -0.4 is 10.6 Å². The number of aromatic nitrogens is 2. The van der Waals surface area contributed by atoms with Gasteiger partial charge in [-0.1, -0.05) is 18.2 Å². The summed E-state index contributed by atoms with van der Waals surface area (Å²) in [4.78, 5) is 38.4. The number of hydrogen-bond acceptors (Lipinski definition) is 12. The average molecular weight is 641 g/mol. The van der Waals surface area contributed by atoms with Gasteiger partial charge in [-0.2, -0.15) is 10.2 Å². The Morgan fingerprint density at radius 1 is 0.907 bits per heavy atom. The maximum Gasteiger partial charge on any atom is 0.276 e. The minimum Gasteiger partial charge on any atom is -0.493 e. The lowest BCUT2D eigenvalue weighted by atomic mass is 10.1. The number of hydrazone groups is 1. The number of rotatable bonds is 11. The Hall–Kier alpha value is -3.87. The molecule has 2 unspecified atom stereocenters. The summed E-state index contributed by atoms with van der Waals surface area (Å²) in [5, 5.41) is 43.0. The predicted molar refractivity (Wildman–Crippen MR) is 153 cm³/mol. The maximum atomic E-state index is 13.1. The number of allylic oxidation sites excluding steroid dienone is 4. The van der Waals surface area contributed by atoms with Crippen LogP contribution in [0.15, 0.2) is 35.0 Å². The van der Waals surface area contributed by atoms with Gasteiger partial charge in [0.25, 0.3) is 17.7 Å². The van der Waals surface area contributed by atoms with Gasteiger partial charge in [0, 0.05) is 13.1 Å². The number of sulfone groups is 2. The van der Waals surface area contributed by atoms with E-state index in [1.807, 2.05) is 0 Å². The molecule has 234 valence electrons. The van der Waals surface area contributed by atoms with Gasteiger partial charge >= 0.3 is 0 Å². The molecule has 0 aliphatic carbocycles. The zero-order chi connectivity index (χ0) is 31.4. The number of aliphatic hydroxyl groups excluding tert-OH is 2. The fourth-order valence-electron chi connectivity index (χ4n) is 4.82. The lowest BCUT2D eigenvalue weighted by Gasteiger charge is -2.17. The second-order valence-electron chi connectivity index (χ2n) is 10.0. The zero-order valence-electron chi connectivity index (χ0n) is 22.9. The first-order chi connectivity index (χ1) is 20.4. The minimum atomic E-state index is -3.34. The number of hydrogen-bond donors (Lipinski definition) is 5. The van der Waals surface area contributed by atoms with Gasteiger partial charge in [-0.25, -0.2) is 26.5 Å². The molecule has 2 saturated heterocycles. The van der Waals surface area contributed by atoms with Crippen LogP contribution in [0.1, 0.15) is 34.9 Å². The van der Waals surface area contributed by atoms with Crippen molar-refractivity contribution in [3.63, 3.8) is 0 Å². The van der Waals surface area contributed by atoms with Crippen molar-refractivity contribution in [1.29, 1.82) is 0 Å². The molecule has 0 radical (unpaired) electrons. The number of carbonyl (C=O) groups excluding carboxylic acids is 3. The van der Waals surface area contributed by atoms with Crippen LogP contribution in [0.25, 0.3) is 6.08 Å². The van der Waals surface area contributed by atoms with E-state index in [1.54, 1.807) is 0 Å². The highest BCUT2D eigenvalue weighted by atomic mass is 32.2. The summed E-state index contributed by atoms with van der Waals surface area (Å²) in [7, 11) is -6.66. The molecule has 0 bridgehead atoms. The third kappa shape index (κ3) is 7.38. The molecule has 0 aromatic carbocycles. The van der Waals surface area contributed by atoms with Gasteiger partial charge in [-0.15, -0.1) is 0 Å². The Labute approximate surface area is 247 Å². The molecule has 16 nitrogen and oxygen atoms in total. The van der Waals surface area contributed by atoms with Crippen LogP contribution in [-0.4, -0.2) is 126 Å². The second kappa shape index (κ2) is 13.2. The zero-order valence-corrected chi connectivity index (χ0v) is 24.6. The van der Waals surface area contributed by atoms with Crippen LogP contribution in [0.4, 0.5) is 0 Å². The number of nitrogens with one attached hydrogen (secondary N) is 2. The molecule has 0 saturated carbocycles. The molecule has 1 aromatic heterocycles. The number of carbonyl (C=O) groups is 3. The van der Waals surface area contributed by atoms with Gasteiger partial charge in [0.05, 0.1) is 59.4 Å². The summed E-state index contributed by atoms with van der Waals surface area (Å²) >= 11 is 0. The largest absolute Gasteiger partial charge is 0.493 e. The fourth-order valence-corrected chi connectivity index (χ4v) is 8.21. The van der Waals surface area contributed by atoms with Gasteiger partial charge < -0.3 is 26.0 Å². The Balaban J connectivity index is 1.59. The monoisotopic (exact) mass is 640 g/mol. The van der Waals surface area contributed by atoms with E-state index < -0.39 is 55.4 Å². The first kappa shape index (κ1) is 32.1. The van der Waals surface area contributed by atoms with Crippen molar-refractivity contribution >= 4 is 49.2 Å². The van der Waals surface area contributed by atoms with E-state index in [0.29, 0.717) is 0 Å². The van der Waals surface area contributed by atoms with Crippen LogP contribution in [0.2, 0.25) is 0 Å². The SMILES string of the molecule is O=C(NCCO)C1=NN(C2CCS(=O)(=O)C2)C(=O)C1=CC=CC=Cc1c(C(=O)NCCO)nn(C2CCS(=O)(=O)C2)c1O. The Morgan fingerprint density at radius 2 is 1.51 bits per heavy atom. The third-order valence-electron chi connectivity index (χ3n) is 6.90. The van der Waals surface area contributed by atoms with Crippen molar-refractivity contribution in [3.8, 4) is 5.88 Å². The fraction of sp³-hybridized carbons (Fsp3) is 0.480. The summed E-state index contributed by atoms with van der Waals surface area (Å²) in [5.74, 6) is -3.24. The van der Waals surface area contributed by atoms with E-state index in [-0.39, 0.29) is 84.7 Å². The molecule has 2 atom stereocenters. The van der Waals surface area contributed by atoms with E-state index in [2.05, 4.69) is 20.8 Å². The molecule has 4 heterocycles. The van der Waals surface area contributed by atoms with Gasteiger partial charge in [0.15, 0.2) is 31.1 Å². The summed E-state index contributed by atoms with van der Waals surface area (Å²) < 4.78 is 48.9. The first-order valence-electron chi connectivity index (χ1n) is 13.4. The van der Waals surface area contributed by atoms with Gasteiger partial charge in [-0.3, -0.25) is 14.4 Å². The van der Waals surface area contributed by atoms with E-state index in [1.165, 1.54) is 30.4 Å². The average Bonchev–Trinajstić information content (AvgIpc) is 3.69. The highest BCUT2D eigenvalue weighted by molar-refractivity contribution is 7.91. The van der Waals surface area contributed by atoms with Crippen molar-refractivity contribution in [2.24, 2.45) is 5.10 Å². The Morgan fingerprint density at radius 3 is 2.09 bits per heavy atom. The maximum absolute atomic E-state index is 13.1. The molecule has 43 heavy (non-hydrogen) atoms. The number of aromatic hydroxyl groups is 1. The minimum absolute atomic E-state index is 0.00626. The number of nitrogens with zero attached hydrogens (tertiary/aromatic N) is 4. The standard InChI is InChI=1S/C25H32N6O10S2/c32-10-8-26-22(34)20-18(24(36)30(28-20)16-6-12-42(38,39)14-16)4-2-1-3-5-19-21(23(35)27-9-11-33)29-31(25(19)37)17-7-13-43(40,41)15-17/h1-5,16-17,32-33,36H,6-15H2,(H,26,34)(H,27,35). The van der Waals surface area contributed by atoms with E-state index in [0.717, 1.165) is 9.69 Å². The molecule has 3 aliphatic heterocycles. The smallest absolute Gasteiger partial charge is 0.276 e. The summed E-state index contributed by atoms with van der Waals surface area (Å²) in [5.41, 5.74) is -0.550. The molecular formula is C25H32N6O10S2. The second-order valence-corrected chi connectivity index (χ2v) is 14.5. The number of amides is 3. The topological polar surface area (TPSA) is 238 Å². The summed E-state index contributed by atoms with van der Waals surface area (Å²) in [6.07, 6.45) is 7.26. The molecule has 18 heteroatoms. The van der Waals surface area contributed by atoms with Gasteiger partial charge in [0.1, 0.15) is 0 Å². The van der Waals surface area contributed by atoms with Crippen molar-refractivity contribution in [1.82, 2.24) is 25.4 Å². The Kier molecular flexibility index (Phi) is 9.83. The molecule has 1 aromatic rings. The summed E-state index contributed by atoms with van der Waals surface area (Å²) in [6.45, 7) is -0.846. The van der Waals surface area contributed by atoms with E-state index >= 15 is 0 Å². The van der Waals surface area contributed by atoms with Crippen molar-refractivity contribution < 1.29 is 46.5 Å². The Bertz CT molecular complexity index is 1620. The van der Waals surface area contributed by atoms with Gasteiger partial charge in [0.2, 0.25) is 5.88 Å². The lowest BCUT2D eigenvalue weighted by molar-refractivity contribution is -0.127. The molecular weight excluding hydrogens is 608 g/mol. The quantitative estimate of drug-likeness (QED) is 0.127. The van der Waals surface area contributed by atoms with Crippen molar-refractivity contribution in [2.75, 3.05) is 49.3 Å². The van der Waals surface area contributed by atoms with Crippen LogP contribution in [-0.2, 0) is 29.3 Å². The van der Waals surface area contributed by atoms with E-state index in [9.17, 15) is 36.3 Å². The summed E-state index contributed by atoms with van der Waals surface area (Å²) in [6, 6.07) is -1.39. The first-order valence-corrected chi connectivity index (χ1v) is 17.0. The highest BCUT2D eigenvalue weighted by Gasteiger charge is 2.42. The van der Waals surface area contributed by atoms with Crippen LogP contribution >= 0.6 is 0 Å². The molecule has 3 amide bonds. The molecule has 0 spiro atoms. The predicted octanol–water partition coefficient (Wildman–Crippen LogP) is -2.34. The molecule has 2 fully saturated rings. The van der Waals surface area contributed by atoms with Crippen LogP contribution in [0.5, 0.6) is 5.88 Å². The normalized spacial score (nSPS) is 24.0. The molecule has 3 aliphatic rings. The highest BCUT2D eigenvalue weighted by Crippen LogP contribution is 2.32. The van der Waals surface area contributed by atoms with Gasteiger partial charge in [-0.05, 0) is 25.0 Å². The lowest BCUT2D eigenvalue weighted by Crippen LogP contribution is -2.35. The third-order valence-corrected chi connectivity index (χ3v) is 10.4. The van der Waals surface area contributed by atoms with Crippen molar-refractivity contribution in [3.05, 3.63) is 41.1 Å². The molecule has 4 rings (SSSR count). The van der Waals surface area contributed by atoms with Crippen molar-refractivity contribution in [2.45, 2.75) is 24.9 Å². The van der Waals surface area contributed by atoms with E-state index in [4.69, 9.17) is 10.2 Å². The molecule has 5 N–H and O–H groups in total. The van der Waals surface area contributed by atoms with Crippen LogP contribution in [0.3, 0.4) is 0 Å². The number of aliphatic hydroxyl groups is 2. The van der Waals surface area contributed by atoms with Crippen LogP contribution in [0, 0.1) is 0 Å².